The molecule has 11 rings (SSSR count). The lowest BCUT2D eigenvalue weighted by atomic mass is 9.58. The molecule has 1 N–H and O–H groups in total. The van der Waals surface area contributed by atoms with Gasteiger partial charge in [0.25, 0.3) is 0 Å². The van der Waals surface area contributed by atoms with Crippen LogP contribution in [-0.4, -0.2) is 11.8 Å². The largest absolute Gasteiger partial charge is 0.354 e. The first-order chi connectivity index (χ1) is 25.2. The van der Waals surface area contributed by atoms with Gasteiger partial charge in [-0.25, -0.2) is 0 Å². The number of hydrogen-bond donors (Lipinski definition) is 1. The molecule has 2 aliphatic heterocycles. The molecule has 0 fully saturated rings. The summed E-state index contributed by atoms with van der Waals surface area (Å²) in [6.07, 6.45) is 0. The van der Waals surface area contributed by atoms with E-state index in [1.54, 1.807) is 0 Å². The SMILES string of the molecule is Cc1cc(-c2cccc3c2Nc2ccccc2C3(c2ccccc2)c2ccccc2)c2c(c1)-n1c3ccc4ccccc4c3c3cccc(c31)B2. The molecule has 9 aromatic rings. The number of nitrogens with one attached hydrogen (secondary N) is 1. The second-order valence-electron chi connectivity index (χ2n) is 14.2. The summed E-state index contributed by atoms with van der Waals surface area (Å²) < 4.78 is 2.55. The molecule has 0 bridgehead atoms. The van der Waals surface area contributed by atoms with E-state index in [4.69, 9.17) is 0 Å². The van der Waals surface area contributed by atoms with Crippen LogP contribution in [0.2, 0.25) is 0 Å². The van der Waals surface area contributed by atoms with Gasteiger partial charge in [0.1, 0.15) is 0 Å². The number of aryl methyl sites for hydroxylation is 1. The van der Waals surface area contributed by atoms with Crippen LogP contribution in [0.5, 0.6) is 0 Å². The smallest absolute Gasteiger partial charge is 0.198 e. The lowest BCUT2D eigenvalue weighted by Gasteiger charge is -2.43. The standard InChI is InChI=1S/C48H33BN2/c1-30-28-37(45-43(29-30)51-42-27-26-31-14-8-9-19-34(31)44(42)36-21-13-24-40(49-45)47(36)51)35-20-12-23-39-46(35)50-41-25-11-10-22-38(41)48(39,32-15-4-2-5-16-32)33-17-6-3-7-18-33/h2-29,49-50H,1H3. The highest BCUT2D eigenvalue weighted by atomic mass is 15.0. The maximum atomic E-state index is 4.00. The van der Waals surface area contributed by atoms with Gasteiger partial charge in [0.15, 0.2) is 7.28 Å². The number of anilines is 2. The summed E-state index contributed by atoms with van der Waals surface area (Å²) in [6, 6.07) is 63.1. The van der Waals surface area contributed by atoms with Crippen molar-refractivity contribution in [3.05, 3.63) is 198 Å². The van der Waals surface area contributed by atoms with Gasteiger partial charge in [0.05, 0.1) is 16.6 Å². The van der Waals surface area contributed by atoms with Gasteiger partial charge in [-0.2, -0.15) is 0 Å². The van der Waals surface area contributed by atoms with E-state index in [0.29, 0.717) is 0 Å². The van der Waals surface area contributed by atoms with Crippen molar-refractivity contribution in [3.8, 4) is 16.8 Å². The minimum atomic E-state index is -0.504. The third kappa shape index (κ3) is 3.84. The van der Waals surface area contributed by atoms with E-state index in [1.165, 1.54) is 93.8 Å². The molecule has 0 spiro atoms. The third-order valence-electron chi connectivity index (χ3n) is 11.5. The minimum absolute atomic E-state index is 0.504. The van der Waals surface area contributed by atoms with E-state index in [-0.39, 0.29) is 0 Å². The highest BCUT2D eigenvalue weighted by molar-refractivity contribution is 6.73. The summed E-state index contributed by atoms with van der Waals surface area (Å²) in [5.41, 5.74) is 17.3. The zero-order valence-electron chi connectivity index (χ0n) is 28.3. The first-order valence-electron chi connectivity index (χ1n) is 17.9. The van der Waals surface area contributed by atoms with Crippen molar-refractivity contribution in [3.63, 3.8) is 0 Å². The normalized spacial score (nSPS) is 13.7. The van der Waals surface area contributed by atoms with Crippen molar-refractivity contribution in [2.24, 2.45) is 0 Å². The fourth-order valence-corrected chi connectivity index (χ4v) is 9.50. The molecule has 2 aliphatic rings. The summed E-state index contributed by atoms with van der Waals surface area (Å²) >= 11 is 0. The maximum Gasteiger partial charge on any atom is 0.198 e. The molecule has 51 heavy (non-hydrogen) atoms. The third-order valence-corrected chi connectivity index (χ3v) is 11.5. The van der Waals surface area contributed by atoms with Crippen LogP contribution in [0.4, 0.5) is 11.4 Å². The zero-order valence-corrected chi connectivity index (χ0v) is 28.3. The van der Waals surface area contributed by atoms with E-state index >= 15 is 0 Å². The van der Waals surface area contributed by atoms with E-state index in [9.17, 15) is 0 Å². The van der Waals surface area contributed by atoms with Gasteiger partial charge in [-0.3, -0.25) is 0 Å². The highest BCUT2D eigenvalue weighted by Crippen LogP contribution is 2.55. The first-order valence-corrected chi connectivity index (χ1v) is 17.9. The molecule has 1 aromatic heterocycles. The number of fused-ring (bicyclic) bond motifs is 9. The van der Waals surface area contributed by atoms with Crippen molar-refractivity contribution < 1.29 is 0 Å². The molecule has 3 heterocycles. The van der Waals surface area contributed by atoms with Gasteiger partial charge in [-0.05, 0) is 74.7 Å². The average Bonchev–Trinajstić information content (AvgIpc) is 3.54. The number of para-hydroxylation sites is 3. The molecule has 0 aliphatic carbocycles. The van der Waals surface area contributed by atoms with Crippen molar-refractivity contribution in [1.82, 2.24) is 4.57 Å². The molecule has 8 aromatic carbocycles. The molecule has 0 radical (unpaired) electrons. The van der Waals surface area contributed by atoms with Gasteiger partial charge in [-0.15, -0.1) is 0 Å². The number of nitrogens with zero attached hydrogens (tertiary/aromatic N) is 1. The quantitative estimate of drug-likeness (QED) is 0.189. The highest BCUT2D eigenvalue weighted by Gasteiger charge is 2.44. The second kappa shape index (κ2) is 10.6. The predicted octanol–water partition coefficient (Wildman–Crippen LogP) is 10.1. The summed E-state index contributed by atoms with van der Waals surface area (Å²) in [6.45, 7) is 2.25. The molecular formula is C48H33BN2. The Kier molecular flexibility index (Phi) is 5.92. The zero-order chi connectivity index (χ0) is 33.7. The molecule has 238 valence electrons. The molecular weight excluding hydrogens is 615 g/mol. The Morgan fingerprint density at radius 3 is 2.08 bits per heavy atom. The molecule has 0 amide bonds. The molecule has 3 heteroatoms. The van der Waals surface area contributed by atoms with E-state index < -0.39 is 5.41 Å². The van der Waals surface area contributed by atoms with Gasteiger partial charge in [-0.1, -0.05) is 157 Å². The van der Waals surface area contributed by atoms with E-state index in [2.05, 4.69) is 187 Å². The van der Waals surface area contributed by atoms with Crippen LogP contribution in [0.1, 0.15) is 27.8 Å². The fourth-order valence-electron chi connectivity index (χ4n) is 9.50. The van der Waals surface area contributed by atoms with Crippen molar-refractivity contribution in [2.45, 2.75) is 12.3 Å². The Hall–Kier alpha value is -6.32. The lowest BCUT2D eigenvalue weighted by molar-refractivity contribution is 0.741. The number of hydrogen-bond acceptors (Lipinski definition) is 1. The van der Waals surface area contributed by atoms with Crippen LogP contribution in [0.15, 0.2) is 170 Å². The van der Waals surface area contributed by atoms with Crippen LogP contribution in [-0.2, 0) is 5.41 Å². The number of benzene rings is 8. The monoisotopic (exact) mass is 648 g/mol. The molecule has 0 unspecified atom stereocenters. The van der Waals surface area contributed by atoms with Gasteiger partial charge >= 0.3 is 0 Å². The maximum absolute atomic E-state index is 4.00. The Morgan fingerprint density at radius 1 is 0.569 bits per heavy atom. The van der Waals surface area contributed by atoms with Gasteiger partial charge in [0.2, 0.25) is 0 Å². The van der Waals surface area contributed by atoms with Crippen molar-refractivity contribution in [2.75, 3.05) is 5.32 Å². The second-order valence-corrected chi connectivity index (χ2v) is 14.2. The van der Waals surface area contributed by atoms with Gasteiger partial charge < -0.3 is 9.88 Å². The Morgan fingerprint density at radius 2 is 1.25 bits per heavy atom. The topological polar surface area (TPSA) is 17.0 Å². The van der Waals surface area contributed by atoms with Crippen LogP contribution in [0.3, 0.4) is 0 Å². The summed E-state index contributed by atoms with van der Waals surface area (Å²) in [4.78, 5) is 0. The summed E-state index contributed by atoms with van der Waals surface area (Å²) in [5, 5.41) is 9.27. The molecule has 0 atom stereocenters. The molecule has 2 nitrogen and oxygen atoms in total. The Labute approximate surface area is 297 Å². The number of aromatic nitrogens is 1. The minimum Gasteiger partial charge on any atom is -0.354 e. The molecule has 0 saturated carbocycles. The predicted molar refractivity (Wildman–Crippen MR) is 216 cm³/mol. The van der Waals surface area contributed by atoms with Crippen LogP contribution < -0.4 is 16.2 Å². The fraction of sp³-hybridized carbons (Fsp3) is 0.0417. The van der Waals surface area contributed by atoms with Crippen LogP contribution in [0.25, 0.3) is 49.4 Å². The lowest BCUT2D eigenvalue weighted by Crippen LogP contribution is -2.38. The van der Waals surface area contributed by atoms with Crippen molar-refractivity contribution >= 4 is 62.2 Å². The summed E-state index contributed by atoms with van der Waals surface area (Å²) in [7, 11) is 0.874. The molecule has 0 saturated heterocycles. The first kappa shape index (κ1) is 28.5. The average molecular weight is 649 g/mol. The summed E-state index contributed by atoms with van der Waals surface area (Å²) in [5.74, 6) is 0. The van der Waals surface area contributed by atoms with Crippen LogP contribution >= 0.6 is 0 Å². The Bertz CT molecular complexity index is 2830. The van der Waals surface area contributed by atoms with Crippen molar-refractivity contribution in [1.29, 1.82) is 0 Å². The van der Waals surface area contributed by atoms with Gasteiger partial charge in [0, 0.05) is 33.2 Å². The van der Waals surface area contributed by atoms with E-state index in [1.807, 2.05) is 0 Å². The van der Waals surface area contributed by atoms with E-state index in [0.717, 1.165) is 13.0 Å². The number of rotatable bonds is 3. The Balaban J connectivity index is 1.23. The van der Waals surface area contributed by atoms with Crippen LogP contribution in [0, 0.1) is 6.92 Å².